The number of likely N-dealkylation sites (N-methyl/N-ethyl adjacent to an activating group) is 1. The summed E-state index contributed by atoms with van der Waals surface area (Å²) in [5, 5.41) is 0. The molecule has 31 heavy (non-hydrogen) atoms. The quantitative estimate of drug-likeness (QED) is 0.661. The molecule has 2 aliphatic heterocycles. The second-order valence-corrected chi connectivity index (χ2v) is 7.85. The van der Waals surface area contributed by atoms with Gasteiger partial charge in [-0.05, 0) is 30.3 Å². The summed E-state index contributed by atoms with van der Waals surface area (Å²) in [5.74, 6) is -1.31. The van der Waals surface area contributed by atoms with E-state index in [2.05, 4.69) is 4.90 Å². The van der Waals surface area contributed by atoms with Crippen molar-refractivity contribution < 1.29 is 35.9 Å². The minimum absolute atomic E-state index is 0.0245. The summed E-state index contributed by atoms with van der Waals surface area (Å²) in [6.45, 7) is 4.94. The van der Waals surface area contributed by atoms with Gasteiger partial charge in [0.2, 0.25) is 11.8 Å². The van der Waals surface area contributed by atoms with Gasteiger partial charge in [-0.25, -0.2) is 0 Å². The molecule has 0 aromatic heterocycles. The van der Waals surface area contributed by atoms with Crippen molar-refractivity contribution in [2.24, 2.45) is 5.92 Å². The van der Waals surface area contributed by atoms with Gasteiger partial charge >= 0.3 is 12.4 Å². The van der Waals surface area contributed by atoms with Crippen LogP contribution in [0, 0.1) is 5.92 Å². The molecule has 3 rings (SSSR count). The molecule has 1 aromatic carbocycles. The third-order valence-corrected chi connectivity index (χ3v) is 5.72. The Kier molecular flexibility index (Phi) is 6.54. The van der Waals surface area contributed by atoms with E-state index >= 15 is 0 Å². The molecule has 11 heteroatoms. The Morgan fingerprint density at radius 3 is 2.00 bits per heavy atom. The van der Waals surface area contributed by atoms with E-state index in [1.54, 1.807) is 4.90 Å². The number of benzene rings is 1. The zero-order chi connectivity index (χ0) is 23.0. The van der Waals surface area contributed by atoms with E-state index in [1.807, 2.05) is 6.92 Å². The average Bonchev–Trinajstić information content (AvgIpc) is 3.06. The van der Waals surface area contributed by atoms with Gasteiger partial charge in [0.25, 0.3) is 0 Å². The molecule has 2 saturated heterocycles. The van der Waals surface area contributed by atoms with Gasteiger partial charge in [0, 0.05) is 45.7 Å². The Balaban J connectivity index is 1.72. The molecule has 2 heterocycles. The lowest BCUT2D eigenvalue weighted by molar-refractivity contribution is -0.143. The van der Waals surface area contributed by atoms with Crippen molar-refractivity contribution in [2.75, 3.05) is 39.3 Å². The first-order chi connectivity index (χ1) is 14.4. The van der Waals surface area contributed by atoms with Crippen molar-refractivity contribution in [1.29, 1.82) is 0 Å². The molecule has 0 spiro atoms. The standard InChI is InChI=1S/C20H23F6N3O2/c1-2-27-3-5-28(6-4-27)18(31)14-9-17(30)29(12-14)11-13-7-15(19(21,22)23)10-16(8-13)20(24,25)26/h7-8,10,14H,2-6,9,11-12H2,1H3. The number of hydrogen-bond donors (Lipinski definition) is 0. The third kappa shape index (κ3) is 5.50. The fourth-order valence-electron chi connectivity index (χ4n) is 3.96. The Morgan fingerprint density at radius 1 is 0.968 bits per heavy atom. The SMILES string of the molecule is CCN1CCN(C(=O)C2CC(=O)N(Cc3cc(C(F)(F)F)cc(C(F)(F)F)c3)C2)CC1. The molecule has 1 unspecified atom stereocenters. The Hall–Kier alpha value is -2.30. The van der Waals surface area contributed by atoms with Crippen LogP contribution >= 0.6 is 0 Å². The van der Waals surface area contributed by atoms with Crippen LogP contribution in [-0.2, 0) is 28.5 Å². The number of carbonyl (C=O) groups is 2. The first-order valence-electron chi connectivity index (χ1n) is 9.95. The van der Waals surface area contributed by atoms with Gasteiger partial charge in [0.1, 0.15) is 0 Å². The Bertz CT molecular complexity index is 799. The molecule has 0 N–H and O–H groups in total. The zero-order valence-corrected chi connectivity index (χ0v) is 16.9. The van der Waals surface area contributed by atoms with Crippen molar-refractivity contribution in [1.82, 2.24) is 14.7 Å². The molecule has 2 amide bonds. The Labute approximate surface area is 175 Å². The topological polar surface area (TPSA) is 43.9 Å². The minimum Gasteiger partial charge on any atom is -0.340 e. The van der Waals surface area contributed by atoms with E-state index in [1.165, 1.54) is 0 Å². The molecule has 2 fully saturated rings. The highest BCUT2D eigenvalue weighted by atomic mass is 19.4. The number of carbonyl (C=O) groups excluding carboxylic acids is 2. The van der Waals surface area contributed by atoms with Gasteiger partial charge in [0.15, 0.2) is 0 Å². The van der Waals surface area contributed by atoms with Gasteiger partial charge < -0.3 is 14.7 Å². The fraction of sp³-hybridized carbons (Fsp3) is 0.600. The van der Waals surface area contributed by atoms with Crippen LogP contribution in [0.2, 0.25) is 0 Å². The second-order valence-electron chi connectivity index (χ2n) is 7.85. The maximum absolute atomic E-state index is 13.1. The Morgan fingerprint density at radius 2 is 1.52 bits per heavy atom. The predicted octanol–water partition coefficient (Wildman–Crippen LogP) is 3.24. The van der Waals surface area contributed by atoms with E-state index in [0.717, 1.165) is 24.5 Å². The maximum Gasteiger partial charge on any atom is 0.416 e. The van der Waals surface area contributed by atoms with Crippen LogP contribution in [0.3, 0.4) is 0 Å². The van der Waals surface area contributed by atoms with Gasteiger partial charge in [0.05, 0.1) is 17.0 Å². The molecule has 5 nitrogen and oxygen atoms in total. The smallest absolute Gasteiger partial charge is 0.340 e. The molecule has 0 bridgehead atoms. The second kappa shape index (κ2) is 8.68. The lowest BCUT2D eigenvalue weighted by Gasteiger charge is -2.35. The summed E-state index contributed by atoms with van der Waals surface area (Å²) in [5.41, 5.74) is -3.13. The van der Waals surface area contributed by atoms with Crippen LogP contribution in [0.1, 0.15) is 30.0 Å². The van der Waals surface area contributed by atoms with Crippen LogP contribution in [0.15, 0.2) is 18.2 Å². The summed E-state index contributed by atoms with van der Waals surface area (Å²) in [7, 11) is 0. The van der Waals surface area contributed by atoms with Gasteiger partial charge in [-0.2, -0.15) is 26.3 Å². The summed E-state index contributed by atoms with van der Waals surface area (Å²) in [6, 6.07) is 1.28. The highest BCUT2D eigenvalue weighted by Gasteiger charge is 2.39. The minimum atomic E-state index is -4.95. The van der Waals surface area contributed by atoms with Crippen LogP contribution in [-0.4, -0.2) is 65.8 Å². The number of alkyl halides is 6. The fourth-order valence-corrected chi connectivity index (χ4v) is 3.96. The molecule has 0 radical (unpaired) electrons. The zero-order valence-electron chi connectivity index (χ0n) is 16.9. The first kappa shape index (κ1) is 23.4. The van der Waals surface area contributed by atoms with Gasteiger partial charge in [-0.3, -0.25) is 9.59 Å². The third-order valence-electron chi connectivity index (χ3n) is 5.72. The lowest BCUT2D eigenvalue weighted by Crippen LogP contribution is -2.50. The molecular formula is C20H23F6N3O2. The number of rotatable bonds is 4. The van der Waals surface area contributed by atoms with Crippen LogP contribution in [0.5, 0.6) is 0 Å². The lowest BCUT2D eigenvalue weighted by atomic mass is 10.0. The van der Waals surface area contributed by atoms with E-state index in [4.69, 9.17) is 0 Å². The molecule has 1 aromatic rings. The van der Waals surface area contributed by atoms with E-state index in [9.17, 15) is 35.9 Å². The largest absolute Gasteiger partial charge is 0.416 e. The number of piperazine rings is 1. The van der Waals surface area contributed by atoms with Crippen molar-refractivity contribution in [3.63, 3.8) is 0 Å². The number of nitrogens with zero attached hydrogens (tertiary/aromatic N) is 3. The normalized spacial score (nSPS) is 21.1. The monoisotopic (exact) mass is 451 g/mol. The van der Waals surface area contributed by atoms with E-state index in [0.29, 0.717) is 25.2 Å². The maximum atomic E-state index is 13.1. The van der Waals surface area contributed by atoms with Gasteiger partial charge in [-0.15, -0.1) is 0 Å². The summed E-state index contributed by atoms with van der Waals surface area (Å²) >= 11 is 0. The van der Waals surface area contributed by atoms with E-state index < -0.39 is 41.8 Å². The molecule has 172 valence electrons. The number of likely N-dealkylation sites (tertiary alicyclic amines) is 1. The molecule has 0 aliphatic carbocycles. The summed E-state index contributed by atoms with van der Waals surface area (Å²) in [6.07, 6.45) is -10.0. The molecular weight excluding hydrogens is 428 g/mol. The van der Waals surface area contributed by atoms with Gasteiger partial charge in [-0.1, -0.05) is 6.92 Å². The van der Waals surface area contributed by atoms with Crippen molar-refractivity contribution in [3.8, 4) is 0 Å². The summed E-state index contributed by atoms with van der Waals surface area (Å²) in [4.78, 5) is 30.1. The number of hydrogen-bond acceptors (Lipinski definition) is 3. The number of amides is 2. The molecule has 0 saturated carbocycles. The number of halogens is 6. The van der Waals surface area contributed by atoms with Crippen molar-refractivity contribution in [2.45, 2.75) is 32.2 Å². The highest BCUT2D eigenvalue weighted by molar-refractivity contribution is 5.89. The highest BCUT2D eigenvalue weighted by Crippen LogP contribution is 2.37. The van der Waals surface area contributed by atoms with Crippen molar-refractivity contribution >= 4 is 11.8 Å². The summed E-state index contributed by atoms with van der Waals surface area (Å²) < 4.78 is 78.3. The molecule has 1 atom stereocenters. The van der Waals surface area contributed by atoms with Crippen LogP contribution < -0.4 is 0 Å². The van der Waals surface area contributed by atoms with Crippen LogP contribution in [0.25, 0.3) is 0 Å². The average molecular weight is 451 g/mol. The molecule has 2 aliphatic rings. The first-order valence-corrected chi connectivity index (χ1v) is 9.95. The predicted molar refractivity (Wildman–Crippen MR) is 98.7 cm³/mol. The van der Waals surface area contributed by atoms with Crippen molar-refractivity contribution in [3.05, 3.63) is 34.9 Å². The van der Waals surface area contributed by atoms with Crippen LogP contribution in [0.4, 0.5) is 26.3 Å². The van der Waals surface area contributed by atoms with E-state index in [-0.39, 0.29) is 30.5 Å².